The van der Waals surface area contributed by atoms with Crippen LogP contribution in [0.5, 0.6) is 0 Å². The average molecular weight is 709 g/mol. The molecule has 0 spiro atoms. The lowest BCUT2D eigenvalue weighted by molar-refractivity contribution is 1.61. The second-order valence-corrected chi connectivity index (χ2v) is 14.9. The van der Waals surface area contributed by atoms with Crippen LogP contribution in [-0.4, -0.2) is 0 Å². The van der Waals surface area contributed by atoms with Crippen LogP contribution < -0.4 is 0 Å². The van der Waals surface area contributed by atoms with Gasteiger partial charge in [-0.15, -0.1) is 0 Å². The molecule has 0 nitrogen and oxygen atoms in total. The number of rotatable bonds is 5. The van der Waals surface area contributed by atoms with Crippen molar-refractivity contribution in [2.75, 3.05) is 0 Å². The van der Waals surface area contributed by atoms with Gasteiger partial charge in [-0.25, -0.2) is 0 Å². The largest absolute Gasteiger partial charge is 0.0616 e. The van der Waals surface area contributed by atoms with Crippen LogP contribution in [0.25, 0.3) is 109 Å². The third kappa shape index (κ3) is 5.46. The average Bonchev–Trinajstić information content (AvgIpc) is 3.27. The van der Waals surface area contributed by atoms with Crippen molar-refractivity contribution in [3.8, 4) is 55.6 Å². The van der Waals surface area contributed by atoms with Crippen LogP contribution in [0.15, 0.2) is 218 Å². The molecule has 0 atom stereocenters. The summed E-state index contributed by atoms with van der Waals surface area (Å²) in [6.07, 6.45) is 0. The summed E-state index contributed by atoms with van der Waals surface area (Å²) in [6, 6.07) is 80.5. The normalized spacial score (nSPS) is 11.6. The number of benzene rings is 11. The van der Waals surface area contributed by atoms with E-state index in [0.717, 1.165) is 0 Å². The molecule has 0 bridgehead atoms. The SMILES string of the molecule is c1cc(-c2ccc3ccccc3c2)cc(-c2c3ccccc3c(-c3ccc(-c4cccc5ccccc45)cc3)c3ccc(-c4ccc5ccccc5c4)cc23)c1. The van der Waals surface area contributed by atoms with Crippen molar-refractivity contribution in [3.05, 3.63) is 218 Å². The first-order valence-electron chi connectivity index (χ1n) is 19.4. The topological polar surface area (TPSA) is 0 Å². The second kappa shape index (κ2) is 13.2. The summed E-state index contributed by atoms with van der Waals surface area (Å²) in [5.41, 5.74) is 12.3. The first kappa shape index (κ1) is 32.2. The Hall–Kier alpha value is -7.28. The van der Waals surface area contributed by atoms with E-state index in [4.69, 9.17) is 0 Å². The summed E-state index contributed by atoms with van der Waals surface area (Å²) in [5, 5.41) is 12.5. The zero-order valence-corrected chi connectivity index (χ0v) is 30.8. The molecule has 0 N–H and O–H groups in total. The predicted octanol–water partition coefficient (Wildman–Crippen LogP) is 15.8. The molecule has 0 fully saturated rings. The van der Waals surface area contributed by atoms with Crippen LogP contribution in [-0.2, 0) is 0 Å². The molecule has 260 valence electrons. The molecule has 0 amide bonds. The van der Waals surface area contributed by atoms with Gasteiger partial charge in [0.05, 0.1) is 0 Å². The van der Waals surface area contributed by atoms with Crippen LogP contribution in [0.2, 0.25) is 0 Å². The minimum Gasteiger partial charge on any atom is -0.0616 e. The minimum atomic E-state index is 1.21. The molecule has 0 heteroatoms. The summed E-state index contributed by atoms with van der Waals surface area (Å²) in [5.74, 6) is 0. The van der Waals surface area contributed by atoms with E-state index >= 15 is 0 Å². The van der Waals surface area contributed by atoms with Gasteiger partial charge in [-0.3, -0.25) is 0 Å². The van der Waals surface area contributed by atoms with Gasteiger partial charge in [-0.1, -0.05) is 194 Å². The van der Waals surface area contributed by atoms with Crippen molar-refractivity contribution in [1.82, 2.24) is 0 Å². The van der Waals surface area contributed by atoms with E-state index in [2.05, 4.69) is 218 Å². The van der Waals surface area contributed by atoms with E-state index in [1.54, 1.807) is 0 Å². The summed E-state index contributed by atoms with van der Waals surface area (Å²) in [6.45, 7) is 0. The zero-order valence-electron chi connectivity index (χ0n) is 30.8. The molecule has 0 aromatic heterocycles. The van der Waals surface area contributed by atoms with Gasteiger partial charge < -0.3 is 0 Å². The molecule has 0 saturated carbocycles. The first-order valence-corrected chi connectivity index (χ1v) is 19.4. The Morgan fingerprint density at radius 2 is 0.607 bits per heavy atom. The number of hydrogen-bond donors (Lipinski definition) is 0. The highest BCUT2D eigenvalue weighted by Gasteiger charge is 2.18. The Kier molecular flexibility index (Phi) is 7.60. The highest BCUT2D eigenvalue weighted by Crippen LogP contribution is 2.46. The van der Waals surface area contributed by atoms with Gasteiger partial charge in [-0.05, 0) is 134 Å². The van der Waals surface area contributed by atoms with Crippen LogP contribution in [0.1, 0.15) is 0 Å². The monoisotopic (exact) mass is 708 g/mol. The van der Waals surface area contributed by atoms with Crippen molar-refractivity contribution in [3.63, 3.8) is 0 Å². The highest BCUT2D eigenvalue weighted by molar-refractivity contribution is 6.22. The molecular formula is C56H36. The molecule has 0 aliphatic carbocycles. The van der Waals surface area contributed by atoms with Gasteiger partial charge >= 0.3 is 0 Å². The van der Waals surface area contributed by atoms with Crippen LogP contribution >= 0.6 is 0 Å². The maximum atomic E-state index is 2.43. The van der Waals surface area contributed by atoms with E-state index < -0.39 is 0 Å². The molecule has 0 saturated heterocycles. The Balaban J connectivity index is 1.14. The van der Waals surface area contributed by atoms with E-state index in [1.165, 1.54) is 109 Å². The quantitative estimate of drug-likeness (QED) is 0.156. The molecule has 0 radical (unpaired) electrons. The molecule has 11 rings (SSSR count). The van der Waals surface area contributed by atoms with Crippen LogP contribution in [0.4, 0.5) is 0 Å². The number of hydrogen-bond acceptors (Lipinski definition) is 0. The Bertz CT molecular complexity index is 3290. The van der Waals surface area contributed by atoms with Gasteiger partial charge in [0.1, 0.15) is 0 Å². The van der Waals surface area contributed by atoms with Crippen molar-refractivity contribution in [2.24, 2.45) is 0 Å². The van der Waals surface area contributed by atoms with Crippen molar-refractivity contribution < 1.29 is 0 Å². The van der Waals surface area contributed by atoms with Gasteiger partial charge in [0.2, 0.25) is 0 Å². The molecule has 11 aromatic carbocycles. The van der Waals surface area contributed by atoms with Gasteiger partial charge in [0.15, 0.2) is 0 Å². The Morgan fingerprint density at radius 3 is 1.29 bits per heavy atom. The third-order valence-electron chi connectivity index (χ3n) is 11.6. The van der Waals surface area contributed by atoms with Crippen LogP contribution in [0.3, 0.4) is 0 Å². The molecule has 11 aromatic rings. The maximum absolute atomic E-state index is 2.43. The van der Waals surface area contributed by atoms with Gasteiger partial charge in [0, 0.05) is 0 Å². The van der Waals surface area contributed by atoms with Crippen LogP contribution in [0, 0.1) is 0 Å². The molecule has 0 unspecified atom stereocenters. The lowest BCUT2D eigenvalue weighted by Crippen LogP contribution is -1.92. The summed E-state index contributed by atoms with van der Waals surface area (Å²) in [7, 11) is 0. The zero-order chi connectivity index (χ0) is 37.0. The van der Waals surface area contributed by atoms with E-state index in [9.17, 15) is 0 Å². The standard InChI is InChI=1S/C56H36/c1-3-14-42-33-45(29-23-37(42)11-1)44-17-9-18-48(35-44)56-52-21-8-7-20-51(52)55(41-27-25-40(26-28-41)50-22-10-16-39-13-5-6-19-49(39)50)53-32-31-47(36-54(53)56)46-30-24-38-12-2-4-15-43(38)34-46/h1-36H. The van der Waals surface area contributed by atoms with E-state index in [-0.39, 0.29) is 0 Å². The molecule has 56 heavy (non-hydrogen) atoms. The van der Waals surface area contributed by atoms with Crippen molar-refractivity contribution in [1.29, 1.82) is 0 Å². The first-order chi connectivity index (χ1) is 27.7. The predicted molar refractivity (Wildman–Crippen MR) is 241 cm³/mol. The Morgan fingerprint density at radius 1 is 0.179 bits per heavy atom. The number of fused-ring (bicyclic) bond motifs is 5. The third-order valence-corrected chi connectivity index (χ3v) is 11.6. The van der Waals surface area contributed by atoms with Gasteiger partial charge in [0.25, 0.3) is 0 Å². The molecule has 0 aliphatic rings. The Labute approximate surface area is 326 Å². The lowest BCUT2D eigenvalue weighted by atomic mass is 9.84. The fraction of sp³-hybridized carbons (Fsp3) is 0. The fourth-order valence-electron chi connectivity index (χ4n) is 8.87. The second-order valence-electron chi connectivity index (χ2n) is 14.9. The van der Waals surface area contributed by atoms with Gasteiger partial charge in [-0.2, -0.15) is 0 Å². The minimum absolute atomic E-state index is 1.21. The molecule has 0 heterocycles. The highest BCUT2D eigenvalue weighted by atomic mass is 14.2. The maximum Gasteiger partial charge on any atom is -0.00259 e. The smallest absolute Gasteiger partial charge is 0.00259 e. The molecule has 0 aliphatic heterocycles. The molecular weight excluding hydrogens is 673 g/mol. The summed E-state index contributed by atoms with van der Waals surface area (Å²) < 4.78 is 0. The summed E-state index contributed by atoms with van der Waals surface area (Å²) in [4.78, 5) is 0. The van der Waals surface area contributed by atoms with E-state index in [1.807, 2.05) is 0 Å². The van der Waals surface area contributed by atoms with Crippen molar-refractivity contribution >= 4 is 53.9 Å². The lowest BCUT2D eigenvalue weighted by Gasteiger charge is -2.19. The fourth-order valence-corrected chi connectivity index (χ4v) is 8.87. The van der Waals surface area contributed by atoms with Crippen molar-refractivity contribution in [2.45, 2.75) is 0 Å². The summed E-state index contributed by atoms with van der Waals surface area (Å²) >= 11 is 0. The van der Waals surface area contributed by atoms with E-state index in [0.29, 0.717) is 0 Å².